The predicted molar refractivity (Wildman–Crippen MR) is 94.8 cm³/mol. The van der Waals surface area contributed by atoms with E-state index in [1.807, 2.05) is 39.0 Å². The number of carboxylic acid groups (broad SMARTS) is 1. The first kappa shape index (κ1) is 17.1. The molecule has 130 valence electrons. The van der Waals surface area contributed by atoms with Crippen molar-refractivity contribution in [2.24, 2.45) is 0 Å². The molecule has 0 aliphatic carbocycles. The van der Waals surface area contributed by atoms with Crippen molar-refractivity contribution in [3.8, 4) is 11.1 Å². The number of aromatic nitrogens is 3. The second-order valence-electron chi connectivity index (χ2n) is 6.15. The Bertz CT molecular complexity index is 960. The Hall–Kier alpha value is -2.73. The molecule has 0 bridgehead atoms. The molecule has 6 nitrogen and oxygen atoms in total. The van der Waals surface area contributed by atoms with Crippen LogP contribution in [0.4, 0.5) is 0 Å². The van der Waals surface area contributed by atoms with Crippen LogP contribution in [0.25, 0.3) is 16.8 Å². The van der Waals surface area contributed by atoms with Gasteiger partial charge in [-0.2, -0.15) is 5.10 Å². The molecule has 25 heavy (non-hydrogen) atoms. The number of fused-ring (bicyclic) bond motifs is 1. The molecule has 0 radical (unpaired) electrons. The van der Waals surface area contributed by atoms with E-state index in [4.69, 9.17) is 0 Å². The molecule has 0 atom stereocenters. The van der Waals surface area contributed by atoms with Gasteiger partial charge in [0.25, 0.3) is 0 Å². The summed E-state index contributed by atoms with van der Waals surface area (Å²) in [5.41, 5.74) is 5.52. The fourth-order valence-electron chi connectivity index (χ4n) is 3.24. The topological polar surface area (TPSA) is 87.7 Å². The van der Waals surface area contributed by atoms with Gasteiger partial charge in [0.05, 0.1) is 17.9 Å². The first-order chi connectivity index (χ1) is 12.0. The van der Waals surface area contributed by atoms with Crippen molar-refractivity contribution in [3.63, 3.8) is 0 Å². The second kappa shape index (κ2) is 6.64. The molecule has 3 aromatic rings. The van der Waals surface area contributed by atoms with Gasteiger partial charge in [-0.15, -0.1) is 0 Å². The number of hydrogen-bond donors (Lipinski definition) is 2. The van der Waals surface area contributed by atoms with E-state index >= 15 is 0 Å². The third-order valence-corrected chi connectivity index (χ3v) is 4.34. The molecule has 0 fully saturated rings. The highest BCUT2D eigenvalue weighted by molar-refractivity contribution is 5.89. The Morgan fingerprint density at radius 2 is 2.00 bits per heavy atom. The zero-order valence-corrected chi connectivity index (χ0v) is 14.6. The summed E-state index contributed by atoms with van der Waals surface area (Å²) in [5.74, 6) is -1.06. The minimum atomic E-state index is -1.06. The normalized spacial score (nSPS) is 11.2. The maximum absolute atomic E-state index is 11.5. The van der Waals surface area contributed by atoms with Crippen molar-refractivity contribution in [3.05, 3.63) is 52.5 Å². The SMILES string of the molecule is CCCc1cc(C(=O)O)nc2c(-c3c(C)cccc3CO)c(C)nn12. The monoisotopic (exact) mass is 339 g/mol. The molecule has 6 heteroatoms. The molecule has 1 aromatic carbocycles. The lowest BCUT2D eigenvalue weighted by molar-refractivity contribution is 0.0690. The molecule has 0 saturated heterocycles. The summed E-state index contributed by atoms with van der Waals surface area (Å²) in [6.45, 7) is 5.78. The van der Waals surface area contributed by atoms with E-state index in [0.717, 1.165) is 40.1 Å². The summed E-state index contributed by atoms with van der Waals surface area (Å²) >= 11 is 0. The summed E-state index contributed by atoms with van der Waals surface area (Å²) in [5, 5.41) is 23.8. The van der Waals surface area contributed by atoms with E-state index in [1.165, 1.54) is 0 Å². The number of benzene rings is 1. The number of hydrogen-bond acceptors (Lipinski definition) is 4. The minimum Gasteiger partial charge on any atom is -0.477 e. The Balaban J connectivity index is 2.41. The lowest BCUT2D eigenvalue weighted by Gasteiger charge is -2.11. The summed E-state index contributed by atoms with van der Waals surface area (Å²) < 4.78 is 1.73. The molecule has 2 N–H and O–H groups in total. The van der Waals surface area contributed by atoms with Crippen LogP contribution in [0.2, 0.25) is 0 Å². The smallest absolute Gasteiger partial charge is 0.354 e. The number of carbonyl (C=O) groups is 1. The fraction of sp³-hybridized carbons (Fsp3) is 0.316. The molecule has 0 aliphatic rings. The van der Waals surface area contributed by atoms with E-state index in [9.17, 15) is 15.0 Å². The fourth-order valence-corrected chi connectivity index (χ4v) is 3.24. The van der Waals surface area contributed by atoms with E-state index < -0.39 is 5.97 Å². The van der Waals surface area contributed by atoms with Crippen molar-refractivity contribution in [2.45, 2.75) is 40.2 Å². The maximum atomic E-state index is 11.5. The number of nitrogens with zero attached hydrogens (tertiary/aromatic N) is 3. The van der Waals surface area contributed by atoms with Gasteiger partial charge in [-0.3, -0.25) is 0 Å². The van der Waals surface area contributed by atoms with Crippen molar-refractivity contribution in [1.29, 1.82) is 0 Å². The van der Waals surface area contributed by atoms with Crippen molar-refractivity contribution >= 4 is 11.6 Å². The minimum absolute atomic E-state index is 0.0104. The summed E-state index contributed by atoms with van der Waals surface area (Å²) in [6, 6.07) is 7.30. The van der Waals surface area contributed by atoms with Crippen LogP contribution in [0.15, 0.2) is 24.3 Å². The van der Waals surface area contributed by atoms with Gasteiger partial charge < -0.3 is 10.2 Å². The van der Waals surface area contributed by atoms with Gasteiger partial charge in [0.1, 0.15) is 0 Å². The summed E-state index contributed by atoms with van der Waals surface area (Å²) in [7, 11) is 0. The molecule has 3 rings (SSSR count). The van der Waals surface area contributed by atoms with Crippen LogP contribution in [0.1, 0.15) is 46.3 Å². The van der Waals surface area contributed by atoms with Gasteiger partial charge in [0, 0.05) is 5.69 Å². The number of aryl methyl sites for hydroxylation is 3. The second-order valence-corrected chi connectivity index (χ2v) is 6.15. The molecule has 0 spiro atoms. The molecule has 0 aliphatic heterocycles. The van der Waals surface area contributed by atoms with Crippen LogP contribution >= 0.6 is 0 Å². The first-order valence-electron chi connectivity index (χ1n) is 8.30. The molecule has 2 aromatic heterocycles. The third kappa shape index (κ3) is 2.89. The number of carboxylic acids is 1. The highest BCUT2D eigenvalue weighted by Gasteiger charge is 2.21. The largest absolute Gasteiger partial charge is 0.477 e. The number of aliphatic hydroxyl groups is 1. The van der Waals surface area contributed by atoms with Crippen LogP contribution in [-0.2, 0) is 13.0 Å². The molecule has 0 unspecified atom stereocenters. The number of aromatic carboxylic acids is 1. The molecule has 0 amide bonds. The van der Waals surface area contributed by atoms with Gasteiger partial charge in [-0.1, -0.05) is 31.5 Å². The Kier molecular flexibility index (Phi) is 4.55. The van der Waals surface area contributed by atoms with E-state index in [-0.39, 0.29) is 12.3 Å². The summed E-state index contributed by atoms with van der Waals surface area (Å²) in [4.78, 5) is 15.9. The Morgan fingerprint density at radius 3 is 2.64 bits per heavy atom. The van der Waals surface area contributed by atoms with Crippen molar-refractivity contribution in [1.82, 2.24) is 14.6 Å². The van der Waals surface area contributed by atoms with Crippen LogP contribution in [0.5, 0.6) is 0 Å². The van der Waals surface area contributed by atoms with Crippen LogP contribution in [0.3, 0.4) is 0 Å². The van der Waals surface area contributed by atoms with E-state index in [0.29, 0.717) is 12.1 Å². The summed E-state index contributed by atoms with van der Waals surface area (Å²) in [6.07, 6.45) is 1.58. The third-order valence-electron chi connectivity index (χ3n) is 4.34. The molecule has 2 heterocycles. The highest BCUT2D eigenvalue weighted by atomic mass is 16.4. The van der Waals surface area contributed by atoms with Crippen LogP contribution in [0, 0.1) is 13.8 Å². The standard InChI is InChI=1S/C19H21N3O3/c1-4-6-14-9-15(19(24)25)20-18-17(12(3)21-22(14)18)16-11(2)7-5-8-13(16)10-23/h5,7-9,23H,4,6,10H2,1-3H3,(H,24,25). The Labute approximate surface area is 145 Å². The first-order valence-corrected chi connectivity index (χ1v) is 8.30. The molecular formula is C19H21N3O3. The zero-order valence-electron chi connectivity index (χ0n) is 14.6. The van der Waals surface area contributed by atoms with E-state index in [1.54, 1.807) is 10.6 Å². The van der Waals surface area contributed by atoms with Crippen molar-refractivity contribution in [2.75, 3.05) is 0 Å². The van der Waals surface area contributed by atoms with Gasteiger partial charge in [-0.25, -0.2) is 14.3 Å². The molecular weight excluding hydrogens is 318 g/mol. The van der Waals surface area contributed by atoms with Crippen LogP contribution < -0.4 is 0 Å². The number of aliphatic hydroxyl groups excluding tert-OH is 1. The zero-order chi connectivity index (χ0) is 18.1. The average Bonchev–Trinajstić information content (AvgIpc) is 2.91. The highest BCUT2D eigenvalue weighted by Crippen LogP contribution is 2.33. The maximum Gasteiger partial charge on any atom is 0.354 e. The van der Waals surface area contributed by atoms with Crippen LogP contribution in [-0.4, -0.2) is 30.8 Å². The lowest BCUT2D eigenvalue weighted by atomic mass is 9.95. The Morgan fingerprint density at radius 1 is 1.24 bits per heavy atom. The lowest BCUT2D eigenvalue weighted by Crippen LogP contribution is -2.08. The van der Waals surface area contributed by atoms with Gasteiger partial charge in [0.2, 0.25) is 0 Å². The quantitative estimate of drug-likeness (QED) is 0.745. The van der Waals surface area contributed by atoms with Gasteiger partial charge in [-0.05, 0) is 43.0 Å². The number of rotatable bonds is 5. The average molecular weight is 339 g/mol. The molecule has 0 saturated carbocycles. The van der Waals surface area contributed by atoms with Gasteiger partial charge >= 0.3 is 5.97 Å². The van der Waals surface area contributed by atoms with Gasteiger partial charge in [0.15, 0.2) is 11.3 Å². The van der Waals surface area contributed by atoms with E-state index in [2.05, 4.69) is 10.1 Å². The predicted octanol–water partition coefficient (Wildman–Crippen LogP) is 3.16. The van der Waals surface area contributed by atoms with Crippen molar-refractivity contribution < 1.29 is 15.0 Å².